The third kappa shape index (κ3) is 12.1. The maximum absolute atomic E-state index is 12.1. The van der Waals surface area contributed by atoms with Crippen molar-refractivity contribution < 1.29 is 14.3 Å². The molecule has 0 aromatic carbocycles. The lowest BCUT2D eigenvalue weighted by atomic mass is 10.2. The quantitative estimate of drug-likeness (QED) is 0.209. The number of ether oxygens (including phenoxy) is 1. The van der Waals surface area contributed by atoms with Gasteiger partial charge in [0.15, 0.2) is 5.96 Å². The second kappa shape index (κ2) is 13.9. The minimum absolute atomic E-state index is 0. The van der Waals surface area contributed by atoms with E-state index >= 15 is 0 Å². The van der Waals surface area contributed by atoms with E-state index in [-0.39, 0.29) is 41.9 Å². The van der Waals surface area contributed by atoms with Gasteiger partial charge in [0.05, 0.1) is 0 Å². The minimum Gasteiger partial charge on any atom is -0.444 e. The summed E-state index contributed by atoms with van der Waals surface area (Å²) in [6.07, 6.45) is 2.25. The van der Waals surface area contributed by atoms with Crippen molar-refractivity contribution in [3.8, 4) is 0 Å². The van der Waals surface area contributed by atoms with Crippen LogP contribution in [0.25, 0.3) is 0 Å². The Kier molecular flexibility index (Phi) is 13.3. The van der Waals surface area contributed by atoms with Gasteiger partial charge < -0.3 is 25.2 Å². The molecule has 29 heavy (non-hydrogen) atoms. The Balaban J connectivity index is 0.00000784. The van der Waals surface area contributed by atoms with E-state index in [4.69, 9.17) is 4.74 Å². The van der Waals surface area contributed by atoms with Gasteiger partial charge in [-0.25, -0.2) is 4.79 Å². The van der Waals surface area contributed by atoms with Gasteiger partial charge in [-0.05, 0) is 46.5 Å². The second-order valence-electron chi connectivity index (χ2n) is 8.45. The van der Waals surface area contributed by atoms with Crippen LogP contribution in [-0.4, -0.2) is 79.7 Å². The third-order valence-electron chi connectivity index (χ3n) is 4.26. The number of rotatable bonds is 9. The van der Waals surface area contributed by atoms with E-state index in [0.717, 1.165) is 45.0 Å². The van der Waals surface area contributed by atoms with E-state index < -0.39 is 5.60 Å². The van der Waals surface area contributed by atoms with Crippen LogP contribution in [0, 0.1) is 5.92 Å². The number of hydrogen-bond donors (Lipinski definition) is 2. The SMILES string of the molecule is CCNC(=NCC(C)CN(C)C(=O)OC(C)(C)C)NCCCN1CCCC1=O.I. The van der Waals surface area contributed by atoms with Crippen LogP contribution in [-0.2, 0) is 9.53 Å². The summed E-state index contributed by atoms with van der Waals surface area (Å²) >= 11 is 0. The molecule has 1 heterocycles. The molecule has 0 radical (unpaired) electrons. The van der Waals surface area contributed by atoms with E-state index in [1.165, 1.54) is 0 Å². The largest absolute Gasteiger partial charge is 0.444 e. The van der Waals surface area contributed by atoms with Crippen molar-refractivity contribution in [2.75, 3.05) is 46.3 Å². The van der Waals surface area contributed by atoms with Gasteiger partial charge >= 0.3 is 6.09 Å². The third-order valence-corrected chi connectivity index (χ3v) is 4.26. The number of amides is 2. The first-order valence-electron chi connectivity index (χ1n) is 10.4. The molecule has 9 heteroatoms. The summed E-state index contributed by atoms with van der Waals surface area (Å²) in [7, 11) is 1.75. The Labute approximate surface area is 193 Å². The van der Waals surface area contributed by atoms with Crippen LogP contribution >= 0.6 is 24.0 Å². The summed E-state index contributed by atoms with van der Waals surface area (Å²) in [4.78, 5) is 31.8. The molecule has 2 N–H and O–H groups in total. The van der Waals surface area contributed by atoms with Gasteiger partial charge in [-0.3, -0.25) is 9.79 Å². The maximum atomic E-state index is 12.1. The van der Waals surface area contributed by atoms with Gasteiger partial charge in [-0.15, -0.1) is 24.0 Å². The van der Waals surface area contributed by atoms with Crippen molar-refractivity contribution in [3.63, 3.8) is 0 Å². The molecule has 1 aliphatic heterocycles. The minimum atomic E-state index is -0.492. The molecule has 0 aromatic heterocycles. The number of nitrogens with zero attached hydrogens (tertiary/aromatic N) is 3. The average molecular weight is 525 g/mol. The van der Waals surface area contributed by atoms with Crippen LogP contribution in [0.3, 0.4) is 0 Å². The van der Waals surface area contributed by atoms with Crippen LogP contribution in [0.4, 0.5) is 4.79 Å². The molecule has 0 aromatic rings. The Bertz CT molecular complexity index is 537. The predicted octanol–water partition coefficient (Wildman–Crippen LogP) is 2.68. The molecule has 0 aliphatic carbocycles. The monoisotopic (exact) mass is 525 g/mol. The number of likely N-dealkylation sites (tertiary alicyclic amines) is 1. The fraction of sp³-hybridized carbons (Fsp3) is 0.850. The van der Waals surface area contributed by atoms with Crippen LogP contribution < -0.4 is 10.6 Å². The number of carbonyl (C=O) groups excluding carboxylic acids is 2. The highest BCUT2D eigenvalue weighted by molar-refractivity contribution is 14.0. The molecular formula is C20H40IN5O3. The molecule has 1 atom stereocenters. The van der Waals surface area contributed by atoms with Crippen LogP contribution in [0.5, 0.6) is 0 Å². The fourth-order valence-electron chi connectivity index (χ4n) is 2.95. The van der Waals surface area contributed by atoms with E-state index in [1.54, 1.807) is 11.9 Å². The van der Waals surface area contributed by atoms with Gasteiger partial charge in [0.2, 0.25) is 5.91 Å². The summed E-state index contributed by atoms with van der Waals surface area (Å²) in [5.41, 5.74) is -0.492. The topological polar surface area (TPSA) is 86.3 Å². The van der Waals surface area contributed by atoms with Crippen LogP contribution in [0.1, 0.15) is 53.9 Å². The summed E-state index contributed by atoms with van der Waals surface area (Å²) in [6, 6.07) is 0. The summed E-state index contributed by atoms with van der Waals surface area (Å²) < 4.78 is 5.38. The van der Waals surface area contributed by atoms with Gasteiger partial charge in [-0.1, -0.05) is 6.92 Å². The highest BCUT2D eigenvalue weighted by atomic mass is 127. The van der Waals surface area contributed by atoms with Gasteiger partial charge in [-0.2, -0.15) is 0 Å². The highest BCUT2D eigenvalue weighted by Crippen LogP contribution is 2.11. The molecule has 170 valence electrons. The fourth-order valence-corrected chi connectivity index (χ4v) is 2.95. The number of carbonyl (C=O) groups is 2. The van der Waals surface area contributed by atoms with Crippen LogP contribution in [0.15, 0.2) is 4.99 Å². The number of nitrogens with one attached hydrogen (secondary N) is 2. The van der Waals surface area contributed by atoms with Crippen molar-refractivity contribution in [2.45, 2.75) is 59.5 Å². The number of guanidine groups is 1. The zero-order valence-electron chi connectivity index (χ0n) is 18.9. The first-order chi connectivity index (χ1) is 13.1. The molecule has 2 amide bonds. The molecule has 0 spiro atoms. The lowest BCUT2D eigenvalue weighted by Crippen LogP contribution is -2.40. The molecular weight excluding hydrogens is 485 g/mol. The van der Waals surface area contributed by atoms with Crippen molar-refractivity contribution >= 4 is 41.9 Å². The number of halogens is 1. The maximum Gasteiger partial charge on any atom is 0.410 e. The highest BCUT2D eigenvalue weighted by Gasteiger charge is 2.21. The molecule has 1 aliphatic rings. The molecule has 8 nitrogen and oxygen atoms in total. The van der Waals surface area contributed by atoms with E-state index in [0.29, 0.717) is 19.5 Å². The normalized spacial score (nSPS) is 15.6. The standard InChI is InChI=1S/C20H39N5O3.HI/c1-7-21-18(22-11-9-13-25-12-8-10-17(25)26)23-14-16(2)15-24(6)19(27)28-20(3,4)5;/h16H,7-15H2,1-6H3,(H2,21,22,23);1H. The van der Waals surface area contributed by atoms with Gasteiger partial charge in [0.1, 0.15) is 5.60 Å². The Morgan fingerprint density at radius 3 is 2.59 bits per heavy atom. The van der Waals surface area contributed by atoms with Crippen molar-refractivity contribution in [3.05, 3.63) is 0 Å². The van der Waals surface area contributed by atoms with Gasteiger partial charge in [0.25, 0.3) is 0 Å². The predicted molar refractivity (Wildman–Crippen MR) is 128 cm³/mol. The summed E-state index contributed by atoms with van der Waals surface area (Å²) in [6.45, 7) is 14.1. The number of aliphatic imine (C=N–C) groups is 1. The van der Waals surface area contributed by atoms with Crippen molar-refractivity contribution in [1.29, 1.82) is 0 Å². The number of hydrogen-bond acceptors (Lipinski definition) is 4. The van der Waals surface area contributed by atoms with Crippen LogP contribution in [0.2, 0.25) is 0 Å². The molecule has 0 saturated carbocycles. The molecule has 1 rings (SSSR count). The molecule has 1 unspecified atom stereocenters. The smallest absolute Gasteiger partial charge is 0.410 e. The second-order valence-corrected chi connectivity index (χ2v) is 8.45. The Hall–Kier alpha value is -1.26. The van der Waals surface area contributed by atoms with Gasteiger partial charge in [0, 0.05) is 52.7 Å². The molecule has 1 saturated heterocycles. The van der Waals surface area contributed by atoms with Crippen molar-refractivity contribution in [2.24, 2.45) is 10.9 Å². The first kappa shape index (κ1) is 27.7. The van der Waals surface area contributed by atoms with E-state index in [9.17, 15) is 9.59 Å². The zero-order chi connectivity index (χ0) is 21.2. The van der Waals surface area contributed by atoms with E-state index in [1.807, 2.05) is 32.6 Å². The van der Waals surface area contributed by atoms with Crippen molar-refractivity contribution in [1.82, 2.24) is 20.4 Å². The lowest BCUT2D eigenvalue weighted by molar-refractivity contribution is -0.127. The zero-order valence-corrected chi connectivity index (χ0v) is 21.2. The molecule has 0 bridgehead atoms. The van der Waals surface area contributed by atoms with E-state index in [2.05, 4.69) is 22.5 Å². The Morgan fingerprint density at radius 1 is 1.34 bits per heavy atom. The summed E-state index contributed by atoms with van der Waals surface area (Å²) in [5, 5.41) is 6.55. The Morgan fingerprint density at radius 2 is 2.03 bits per heavy atom. The summed E-state index contributed by atoms with van der Waals surface area (Å²) in [5.74, 6) is 1.24. The lowest BCUT2D eigenvalue weighted by Gasteiger charge is -2.26. The first-order valence-corrected chi connectivity index (χ1v) is 10.4. The molecule has 1 fully saturated rings. The average Bonchev–Trinajstić information content (AvgIpc) is 2.99.